The Hall–Kier alpha value is 0.1000. The number of aliphatic hydroxyl groups excluding tert-OH is 1. The summed E-state index contributed by atoms with van der Waals surface area (Å²) >= 11 is 6.85. The zero-order valence-electron chi connectivity index (χ0n) is 7.93. The van der Waals surface area contributed by atoms with Crippen molar-refractivity contribution in [3.05, 3.63) is 32.7 Å². The van der Waals surface area contributed by atoms with E-state index in [0.717, 1.165) is 14.5 Å². The summed E-state index contributed by atoms with van der Waals surface area (Å²) in [4.78, 5) is 0. The first-order valence-corrected chi connectivity index (χ1v) is 5.91. The predicted molar refractivity (Wildman–Crippen MR) is 65.1 cm³/mol. The van der Waals surface area contributed by atoms with Gasteiger partial charge in [0, 0.05) is 21.1 Å². The van der Waals surface area contributed by atoms with E-state index in [1.54, 1.807) is 0 Å². The molecule has 4 heteroatoms. The maximum absolute atomic E-state index is 8.92. The molecule has 0 spiro atoms. The van der Waals surface area contributed by atoms with E-state index in [-0.39, 0.29) is 6.61 Å². The average Bonchev–Trinajstić information content (AvgIpc) is 2.09. The summed E-state index contributed by atoms with van der Waals surface area (Å²) in [7, 11) is 0. The molecule has 1 atom stereocenters. The minimum atomic E-state index is -0.503. The van der Waals surface area contributed by atoms with Crippen LogP contribution in [0.3, 0.4) is 0 Å². The fourth-order valence-corrected chi connectivity index (χ4v) is 2.36. The molecule has 0 saturated carbocycles. The Morgan fingerprint density at radius 3 is 2.64 bits per heavy atom. The molecule has 1 unspecified atom stereocenters. The highest BCUT2D eigenvalue weighted by atomic mass is 79.9. The van der Waals surface area contributed by atoms with Gasteiger partial charge in [-0.05, 0) is 37.1 Å². The second-order valence-electron chi connectivity index (χ2n) is 3.52. The molecule has 2 nitrogen and oxygen atoms in total. The monoisotopic (exact) mass is 321 g/mol. The van der Waals surface area contributed by atoms with Crippen LogP contribution in [-0.2, 0) is 5.54 Å². The Morgan fingerprint density at radius 2 is 2.07 bits per heavy atom. The van der Waals surface area contributed by atoms with Gasteiger partial charge in [0.2, 0.25) is 0 Å². The van der Waals surface area contributed by atoms with Crippen LogP contribution in [0, 0.1) is 0 Å². The van der Waals surface area contributed by atoms with Gasteiger partial charge in [-0.1, -0.05) is 31.9 Å². The van der Waals surface area contributed by atoms with Crippen LogP contribution >= 0.6 is 31.9 Å². The summed E-state index contributed by atoms with van der Waals surface area (Å²) < 4.78 is 1.96. The molecular formula is C10H13Br2NO. The van der Waals surface area contributed by atoms with Gasteiger partial charge >= 0.3 is 0 Å². The Labute approximate surface area is 101 Å². The van der Waals surface area contributed by atoms with Crippen molar-refractivity contribution in [3.63, 3.8) is 0 Å². The number of halogens is 2. The molecule has 0 fully saturated rings. The molecule has 0 bridgehead atoms. The number of rotatable bonds is 3. The molecule has 0 amide bonds. The van der Waals surface area contributed by atoms with Crippen molar-refractivity contribution >= 4 is 31.9 Å². The van der Waals surface area contributed by atoms with E-state index in [4.69, 9.17) is 10.8 Å². The first kappa shape index (κ1) is 12.2. The van der Waals surface area contributed by atoms with Crippen molar-refractivity contribution in [3.8, 4) is 0 Å². The van der Waals surface area contributed by atoms with Crippen molar-refractivity contribution < 1.29 is 5.11 Å². The second-order valence-corrected chi connectivity index (χ2v) is 5.29. The Bertz CT molecular complexity index is 326. The first-order valence-electron chi connectivity index (χ1n) is 4.32. The van der Waals surface area contributed by atoms with Gasteiger partial charge in [0.15, 0.2) is 0 Å². The third-order valence-corrected chi connectivity index (χ3v) is 3.36. The number of hydrogen-bond acceptors (Lipinski definition) is 2. The van der Waals surface area contributed by atoms with Crippen molar-refractivity contribution in [1.82, 2.24) is 0 Å². The van der Waals surface area contributed by atoms with Crippen LogP contribution < -0.4 is 5.73 Å². The lowest BCUT2D eigenvalue weighted by molar-refractivity contribution is 0.247. The molecule has 0 aromatic heterocycles. The predicted octanol–water partition coefficient (Wildman–Crippen LogP) is 2.77. The third-order valence-electron chi connectivity index (χ3n) is 2.17. The Kier molecular flexibility index (Phi) is 4.13. The van der Waals surface area contributed by atoms with Gasteiger partial charge in [-0.25, -0.2) is 0 Å². The van der Waals surface area contributed by atoms with Crippen molar-refractivity contribution in [2.45, 2.75) is 18.9 Å². The molecule has 0 heterocycles. The minimum Gasteiger partial charge on any atom is -0.396 e. The van der Waals surface area contributed by atoms with Crippen molar-refractivity contribution in [1.29, 1.82) is 0 Å². The quantitative estimate of drug-likeness (QED) is 0.899. The van der Waals surface area contributed by atoms with Crippen LogP contribution in [-0.4, -0.2) is 11.7 Å². The molecule has 0 aliphatic rings. The van der Waals surface area contributed by atoms with Crippen LogP contribution in [0.2, 0.25) is 0 Å². The van der Waals surface area contributed by atoms with Crippen LogP contribution in [0.25, 0.3) is 0 Å². The number of hydrogen-bond donors (Lipinski definition) is 2. The van der Waals surface area contributed by atoms with Crippen LogP contribution in [0.1, 0.15) is 18.9 Å². The van der Waals surface area contributed by atoms with Crippen LogP contribution in [0.4, 0.5) is 0 Å². The Morgan fingerprint density at radius 1 is 1.43 bits per heavy atom. The third kappa shape index (κ3) is 2.79. The SMILES string of the molecule is CC(N)(CCO)c1cc(Br)ccc1Br. The second kappa shape index (κ2) is 4.75. The smallest absolute Gasteiger partial charge is 0.0451 e. The zero-order valence-corrected chi connectivity index (χ0v) is 11.1. The molecular weight excluding hydrogens is 310 g/mol. The van der Waals surface area contributed by atoms with Gasteiger partial charge in [-0.3, -0.25) is 0 Å². The van der Waals surface area contributed by atoms with E-state index in [9.17, 15) is 0 Å². The Balaban J connectivity index is 3.10. The molecule has 0 aliphatic carbocycles. The highest BCUT2D eigenvalue weighted by Crippen LogP contribution is 2.31. The average molecular weight is 323 g/mol. The summed E-state index contributed by atoms with van der Waals surface area (Å²) in [6, 6.07) is 5.87. The molecule has 0 saturated heterocycles. The van der Waals surface area contributed by atoms with Crippen molar-refractivity contribution in [2.24, 2.45) is 5.73 Å². The molecule has 0 aliphatic heterocycles. The fraction of sp³-hybridized carbons (Fsp3) is 0.400. The summed E-state index contributed by atoms with van der Waals surface area (Å²) in [5.41, 5.74) is 6.61. The molecule has 3 N–H and O–H groups in total. The van der Waals surface area contributed by atoms with Gasteiger partial charge in [0.05, 0.1) is 0 Å². The standard InChI is InChI=1S/C10H13Br2NO/c1-10(13,4-5-14)8-6-7(11)2-3-9(8)12/h2-3,6,14H,4-5,13H2,1H3. The molecule has 1 rings (SSSR count). The van der Waals surface area contributed by atoms with Gasteiger partial charge in [0.1, 0.15) is 0 Å². The lowest BCUT2D eigenvalue weighted by atomic mass is 9.90. The topological polar surface area (TPSA) is 46.2 Å². The number of aliphatic hydroxyl groups is 1. The van der Waals surface area contributed by atoms with Crippen molar-refractivity contribution in [2.75, 3.05) is 6.61 Å². The number of nitrogens with two attached hydrogens (primary N) is 1. The summed E-state index contributed by atoms with van der Waals surface area (Å²) in [6.45, 7) is 2.00. The highest BCUT2D eigenvalue weighted by molar-refractivity contribution is 9.11. The van der Waals surface area contributed by atoms with E-state index in [2.05, 4.69) is 31.9 Å². The first-order chi connectivity index (χ1) is 6.47. The lowest BCUT2D eigenvalue weighted by Crippen LogP contribution is -2.34. The summed E-state index contributed by atoms with van der Waals surface area (Å²) in [6.07, 6.45) is 0.544. The lowest BCUT2D eigenvalue weighted by Gasteiger charge is -2.25. The van der Waals surface area contributed by atoms with E-state index in [1.807, 2.05) is 25.1 Å². The van der Waals surface area contributed by atoms with Gasteiger partial charge < -0.3 is 10.8 Å². The van der Waals surface area contributed by atoms with Gasteiger partial charge in [-0.15, -0.1) is 0 Å². The maximum atomic E-state index is 8.92. The van der Waals surface area contributed by atoms with Crippen LogP contribution in [0.5, 0.6) is 0 Å². The summed E-state index contributed by atoms with van der Waals surface area (Å²) in [5.74, 6) is 0. The fourth-order valence-electron chi connectivity index (χ4n) is 1.30. The zero-order chi connectivity index (χ0) is 10.8. The van der Waals surface area contributed by atoms with Gasteiger partial charge in [-0.2, -0.15) is 0 Å². The maximum Gasteiger partial charge on any atom is 0.0451 e. The van der Waals surface area contributed by atoms with E-state index in [1.165, 1.54) is 0 Å². The molecule has 1 aromatic carbocycles. The van der Waals surface area contributed by atoms with E-state index < -0.39 is 5.54 Å². The molecule has 78 valence electrons. The van der Waals surface area contributed by atoms with Gasteiger partial charge in [0.25, 0.3) is 0 Å². The molecule has 14 heavy (non-hydrogen) atoms. The van der Waals surface area contributed by atoms with E-state index in [0.29, 0.717) is 6.42 Å². The van der Waals surface area contributed by atoms with E-state index >= 15 is 0 Å². The highest BCUT2D eigenvalue weighted by Gasteiger charge is 2.23. The summed E-state index contributed by atoms with van der Waals surface area (Å²) in [5, 5.41) is 8.92. The number of benzene rings is 1. The molecule has 1 aromatic rings. The largest absolute Gasteiger partial charge is 0.396 e. The molecule has 0 radical (unpaired) electrons. The minimum absolute atomic E-state index is 0.0892. The van der Waals surface area contributed by atoms with Crippen LogP contribution in [0.15, 0.2) is 27.1 Å². The normalized spacial score (nSPS) is 15.2.